The summed E-state index contributed by atoms with van der Waals surface area (Å²) < 4.78 is 5.48. The highest BCUT2D eigenvalue weighted by Gasteiger charge is 2.36. The summed E-state index contributed by atoms with van der Waals surface area (Å²) in [4.78, 5) is 14.4. The van der Waals surface area contributed by atoms with E-state index in [0.717, 1.165) is 13.0 Å². The SMILES string of the molecule is CC(C)CCN(C1CC1)C(C)C(=O)OC(C)(C)C. The van der Waals surface area contributed by atoms with Gasteiger partial charge in [0.25, 0.3) is 0 Å². The molecule has 0 heterocycles. The van der Waals surface area contributed by atoms with Crippen LogP contribution in [0, 0.1) is 5.92 Å². The minimum Gasteiger partial charge on any atom is -0.459 e. The summed E-state index contributed by atoms with van der Waals surface area (Å²) in [6.07, 6.45) is 3.60. The van der Waals surface area contributed by atoms with E-state index in [-0.39, 0.29) is 12.0 Å². The van der Waals surface area contributed by atoms with Gasteiger partial charge in [-0.3, -0.25) is 9.69 Å². The van der Waals surface area contributed by atoms with Crippen LogP contribution in [0.1, 0.15) is 60.8 Å². The Bertz CT molecular complexity index is 277. The fraction of sp³-hybridized carbons (Fsp3) is 0.933. The first kappa shape index (κ1) is 15.5. The third-order valence-corrected chi connectivity index (χ3v) is 3.23. The number of ether oxygens (including phenoxy) is 1. The first-order valence-corrected chi connectivity index (χ1v) is 7.19. The van der Waals surface area contributed by atoms with Gasteiger partial charge in [0, 0.05) is 6.04 Å². The predicted molar refractivity (Wildman–Crippen MR) is 74.5 cm³/mol. The van der Waals surface area contributed by atoms with Crippen LogP contribution in [0.4, 0.5) is 0 Å². The lowest BCUT2D eigenvalue weighted by molar-refractivity contribution is -0.161. The summed E-state index contributed by atoms with van der Waals surface area (Å²) >= 11 is 0. The van der Waals surface area contributed by atoms with E-state index in [9.17, 15) is 4.79 Å². The maximum atomic E-state index is 12.1. The molecule has 0 spiro atoms. The van der Waals surface area contributed by atoms with E-state index in [1.54, 1.807) is 0 Å². The highest BCUT2D eigenvalue weighted by molar-refractivity contribution is 5.75. The lowest BCUT2D eigenvalue weighted by Gasteiger charge is -2.30. The van der Waals surface area contributed by atoms with Gasteiger partial charge >= 0.3 is 5.97 Å². The molecular formula is C15H29NO2. The molecule has 1 saturated carbocycles. The average Bonchev–Trinajstić information content (AvgIpc) is 2.98. The van der Waals surface area contributed by atoms with Gasteiger partial charge in [0.1, 0.15) is 11.6 Å². The van der Waals surface area contributed by atoms with Gasteiger partial charge in [0.2, 0.25) is 0 Å². The molecule has 0 aliphatic heterocycles. The molecule has 0 aromatic rings. The molecule has 3 heteroatoms. The maximum absolute atomic E-state index is 12.1. The number of hydrogen-bond acceptors (Lipinski definition) is 3. The predicted octanol–water partition coefficient (Wildman–Crippen LogP) is 3.23. The van der Waals surface area contributed by atoms with Crippen LogP contribution in [0.3, 0.4) is 0 Å². The van der Waals surface area contributed by atoms with Gasteiger partial charge in [-0.2, -0.15) is 0 Å². The van der Waals surface area contributed by atoms with Crippen molar-refractivity contribution >= 4 is 5.97 Å². The highest BCUT2D eigenvalue weighted by atomic mass is 16.6. The number of nitrogens with zero attached hydrogens (tertiary/aromatic N) is 1. The van der Waals surface area contributed by atoms with Crippen molar-refractivity contribution in [3.63, 3.8) is 0 Å². The van der Waals surface area contributed by atoms with Crippen LogP contribution in [-0.4, -0.2) is 35.1 Å². The Kier molecular flexibility index (Phi) is 5.20. The zero-order chi connectivity index (χ0) is 13.9. The number of carbonyl (C=O) groups excluding carboxylic acids is 1. The topological polar surface area (TPSA) is 29.5 Å². The van der Waals surface area contributed by atoms with Crippen LogP contribution in [0.5, 0.6) is 0 Å². The van der Waals surface area contributed by atoms with Gasteiger partial charge in [-0.25, -0.2) is 0 Å². The lowest BCUT2D eigenvalue weighted by Crippen LogP contribution is -2.44. The smallest absolute Gasteiger partial charge is 0.323 e. The Hall–Kier alpha value is -0.570. The summed E-state index contributed by atoms with van der Waals surface area (Å²) in [5.41, 5.74) is -0.390. The van der Waals surface area contributed by atoms with Gasteiger partial charge in [-0.1, -0.05) is 13.8 Å². The van der Waals surface area contributed by atoms with Crippen molar-refractivity contribution in [3.05, 3.63) is 0 Å². The van der Waals surface area contributed by atoms with Crippen LogP contribution in [0.25, 0.3) is 0 Å². The molecule has 0 amide bonds. The normalized spacial score (nSPS) is 18.2. The molecule has 0 saturated heterocycles. The van der Waals surface area contributed by atoms with Crippen molar-refractivity contribution in [1.29, 1.82) is 0 Å². The maximum Gasteiger partial charge on any atom is 0.323 e. The second-order valence-electron chi connectivity index (χ2n) is 6.86. The Labute approximate surface area is 112 Å². The van der Waals surface area contributed by atoms with E-state index in [1.807, 2.05) is 27.7 Å². The molecule has 0 N–H and O–H groups in total. The third-order valence-electron chi connectivity index (χ3n) is 3.23. The summed E-state index contributed by atoms with van der Waals surface area (Å²) in [6, 6.07) is 0.488. The number of carbonyl (C=O) groups is 1. The molecule has 0 aromatic heterocycles. The monoisotopic (exact) mass is 255 g/mol. The standard InChI is InChI=1S/C15H29NO2/c1-11(2)9-10-16(13-7-8-13)12(3)14(17)18-15(4,5)6/h11-13H,7-10H2,1-6H3. The zero-order valence-corrected chi connectivity index (χ0v) is 12.8. The van der Waals surface area contributed by atoms with Crippen LogP contribution >= 0.6 is 0 Å². The van der Waals surface area contributed by atoms with Crippen molar-refractivity contribution in [2.75, 3.05) is 6.54 Å². The van der Waals surface area contributed by atoms with Crippen molar-refractivity contribution in [2.45, 2.75) is 78.5 Å². The van der Waals surface area contributed by atoms with Crippen LogP contribution < -0.4 is 0 Å². The molecule has 1 aliphatic carbocycles. The van der Waals surface area contributed by atoms with Crippen molar-refractivity contribution in [2.24, 2.45) is 5.92 Å². The van der Waals surface area contributed by atoms with E-state index < -0.39 is 5.60 Å². The summed E-state index contributed by atoms with van der Waals surface area (Å²) in [5.74, 6) is 0.593. The van der Waals surface area contributed by atoms with Gasteiger partial charge in [0.05, 0.1) is 0 Å². The second kappa shape index (κ2) is 6.05. The molecule has 106 valence electrons. The van der Waals surface area contributed by atoms with Crippen molar-refractivity contribution in [1.82, 2.24) is 4.90 Å². The molecule has 0 radical (unpaired) electrons. The van der Waals surface area contributed by atoms with Gasteiger partial charge in [-0.05, 0) is 59.4 Å². The van der Waals surface area contributed by atoms with E-state index in [2.05, 4.69) is 18.7 Å². The number of esters is 1. The second-order valence-corrected chi connectivity index (χ2v) is 6.86. The summed E-state index contributed by atoms with van der Waals surface area (Å²) in [5, 5.41) is 0. The minimum absolute atomic E-state index is 0.0850. The first-order chi connectivity index (χ1) is 8.20. The number of hydrogen-bond donors (Lipinski definition) is 0. The van der Waals surface area contributed by atoms with Crippen LogP contribution in [-0.2, 0) is 9.53 Å². The number of rotatable bonds is 6. The van der Waals surface area contributed by atoms with E-state index in [0.29, 0.717) is 12.0 Å². The summed E-state index contributed by atoms with van der Waals surface area (Å²) in [7, 11) is 0. The minimum atomic E-state index is -0.390. The van der Waals surface area contributed by atoms with Gasteiger partial charge < -0.3 is 4.74 Å². The Morgan fingerprint density at radius 3 is 2.22 bits per heavy atom. The molecule has 0 bridgehead atoms. The van der Waals surface area contributed by atoms with E-state index in [4.69, 9.17) is 4.74 Å². The average molecular weight is 255 g/mol. The summed E-state index contributed by atoms with van der Waals surface area (Å²) in [6.45, 7) is 13.2. The molecule has 1 unspecified atom stereocenters. The molecule has 1 fully saturated rings. The molecule has 18 heavy (non-hydrogen) atoms. The quantitative estimate of drug-likeness (QED) is 0.682. The molecule has 1 rings (SSSR count). The van der Waals surface area contributed by atoms with Crippen LogP contribution in [0.2, 0.25) is 0 Å². The molecule has 1 atom stereocenters. The fourth-order valence-corrected chi connectivity index (χ4v) is 2.03. The van der Waals surface area contributed by atoms with Gasteiger partial charge in [0.15, 0.2) is 0 Å². The molecule has 0 aromatic carbocycles. The van der Waals surface area contributed by atoms with Crippen molar-refractivity contribution < 1.29 is 9.53 Å². The van der Waals surface area contributed by atoms with Crippen LogP contribution in [0.15, 0.2) is 0 Å². The highest BCUT2D eigenvalue weighted by Crippen LogP contribution is 2.30. The largest absolute Gasteiger partial charge is 0.459 e. The Morgan fingerprint density at radius 1 is 1.28 bits per heavy atom. The van der Waals surface area contributed by atoms with E-state index >= 15 is 0 Å². The first-order valence-electron chi connectivity index (χ1n) is 7.19. The van der Waals surface area contributed by atoms with E-state index in [1.165, 1.54) is 12.8 Å². The third kappa shape index (κ3) is 5.38. The molecule has 1 aliphatic rings. The molecular weight excluding hydrogens is 226 g/mol. The lowest BCUT2D eigenvalue weighted by atomic mass is 10.1. The fourth-order valence-electron chi connectivity index (χ4n) is 2.03. The zero-order valence-electron chi connectivity index (χ0n) is 12.8. The molecule has 3 nitrogen and oxygen atoms in total. The van der Waals surface area contributed by atoms with Crippen molar-refractivity contribution in [3.8, 4) is 0 Å². The Balaban J connectivity index is 2.53. The van der Waals surface area contributed by atoms with Gasteiger partial charge in [-0.15, -0.1) is 0 Å². The Morgan fingerprint density at radius 2 is 1.83 bits per heavy atom.